The van der Waals surface area contributed by atoms with Gasteiger partial charge in [-0.1, -0.05) is 26.0 Å². The van der Waals surface area contributed by atoms with Crippen LogP contribution in [0.3, 0.4) is 0 Å². The van der Waals surface area contributed by atoms with Gasteiger partial charge >= 0.3 is 5.97 Å². The van der Waals surface area contributed by atoms with E-state index in [2.05, 4.69) is 0 Å². The van der Waals surface area contributed by atoms with Crippen LogP contribution in [0.1, 0.15) is 47.4 Å². The Morgan fingerprint density at radius 1 is 1.15 bits per heavy atom. The smallest absolute Gasteiger partial charge is 0.336 e. The van der Waals surface area contributed by atoms with Crippen molar-refractivity contribution in [2.24, 2.45) is 0 Å². The van der Waals surface area contributed by atoms with Crippen LogP contribution in [-0.4, -0.2) is 46.2 Å². The summed E-state index contributed by atoms with van der Waals surface area (Å²) in [4.78, 5) is 25.3. The lowest BCUT2D eigenvalue weighted by Crippen LogP contribution is -2.42. The molecule has 0 bridgehead atoms. The fourth-order valence-electron chi connectivity index (χ4n) is 2.30. The molecule has 0 saturated carbocycles. The van der Waals surface area contributed by atoms with Crippen molar-refractivity contribution >= 4 is 11.9 Å². The first kappa shape index (κ1) is 16.2. The van der Waals surface area contributed by atoms with Crippen LogP contribution in [0.2, 0.25) is 0 Å². The van der Waals surface area contributed by atoms with Gasteiger partial charge in [-0.05, 0) is 25.0 Å². The van der Waals surface area contributed by atoms with E-state index in [1.54, 1.807) is 17.0 Å². The first-order valence-corrected chi connectivity index (χ1v) is 6.80. The number of amides is 1. The van der Waals surface area contributed by atoms with E-state index in [-0.39, 0.29) is 36.2 Å². The molecule has 1 rings (SSSR count). The highest BCUT2D eigenvalue weighted by molar-refractivity contribution is 6.04. The van der Waals surface area contributed by atoms with Crippen LogP contribution in [0.5, 0.6) is 0 Å². The van der Waals surface area contributed by atoms with Crippen LogP contribution >= 0.6 is 0 Å². The van der Waals surface area contributed by atoms with E-state index >= 15 is 0 Å². The Labute approximate surface area is 118 Å². The Bertz CT molecular complexity index is 469. The van der Waals surface area contributed by atoms with Gasteiger partial charge in [-0.2, -0.15) is 0 Å². The third-order valence-corrected chi connectivity index (χ3v) is 3.37. The molecule has 0 unspecified atom stereocenters. The molecule has 1 aromatic carbocycles. The summed E-state index contributed by atoms with van der Waals surface area (Å²) >= 11 is 0. The lowest BCUT2D eigenvalue weighted by molar-refractivity contribution is 0.0604. The van der Waals surface area contributed by atoms with Crippen LogP contribution in [0.25, 0.3) is 0 Å². The van der Waals surface area contributed by atoms with Crippen LogP contribution in [-0.2, 0) is 0 Å². The van der Waals surface area contributed by atoms with Gasteiger partial charge in [-0.15, -0.1) is 0 Å². The van der Waals surface area contributed by atoms with E-state index in [4.69, 9.17) is 10.2 Å². The molecule has 0 aliphatic rings. The normalized spacial score (nSPS) is 10.6. The molecular weight excluding hydrogens is 258 g/mol. The van der Waals surface area contributed by atoms with E-state index < -0.39 is 5.97 Å². The average Bonchev–Trinajstić information content (AvgIpc) is 2.46. The Hall–Kier alpha value is -1.88. The molecule has 0 aromatic heterocycles. The summed E-state index contributed by atoms with van der Waals surface area (Å²) in [6.07, 6.45) is 1.52. The summed E-state index contributed by atoms with van der Waals surface area (Å²) in [6.45, 7) is 4.00. The predicted octanol–water partition coefficient (Wildman–Crippen LogP) is 2.01. The predicted molar refractivity (Wildman–Crippen MR) is 75.9 cm³/mol. The number of carbonyl (C=O) groups excluding carboxylic acids is 1. The highest BCUT2D eigenvalue weighted by Crippen LogP contribution is 2.16. The number of carboxylic acids is 1. The largest absolute Gasteiger partial charge is 0.478 e. The monoisotopic (exact) mass is 279 g/mol. The molecule has 0 radical (unpaired) electrons. The highest BCUT2D eigenvalue weighted by Gasteiger charge is 2.25. The minimum absolute atomic E-state index is 0.00324. The zero-order valence-corrected chi connectivity index (χ0v) is 11.9. The molecule has 0 fully saturated rings. The third kappa shape index (κ3) is 3.57. The number of nitrogens with zero attached hydrogens (tertiary/aromatic N) is 1. The van der Waals surface area contributed by atoms with E-state index in [0.717, 1.165) is 12.8 Å². The van der Waals surface area contributed by atoms with Gasteiger partial charge < -0.3 is 15.1 Å². The topological polar surface area (TPSA) is 77.8 Å². The fourth-order valence-corrected chi connectivity index (χ4v) is 2.30. The Morgan fingerprint density at radius 3 is 2.15 bits per heavy atom. The number of aliphatic hydroxyl groups excluding tert-OH is 1. The summed E-state index contributed by atoms with van der Waals surface area (Å²) in [5.41, 5.74) is 0.159. The molecule has 20 heavy (non-hydrogen) atoms. The highest BCUT2D eigenvalue weighted by atomic mass is 16.4. The molecule has 110 valence electrons. The third-order valence-electron chi connectivity index (χ3n) is 3.37. The van der Waals surface area contributed by atoms with Gasteiger partial charge in [0.15, 0.2) is 0 Å². The summed E-state index contributed by atoms with van der Waals surface area (Å²) in [5.74, 6) is -1.46. The second-order valence-corrected chi connectivity index (χ2v) is 4.54. The Kier molecular flexibility index (Phi) is 6.18. The van der Waals surface area contributed by atoms with Crippen molar-refractivity contribution in [1.29, 1.82) is 0 Å². The fraction of sp³-hybridized carbons (Fsp3) is 0.467. The molecule has 0 aliphatic heterocycles. The molecule has 5 nitrogen and oxygen atoms in total. The number of carbonyl (C=O) groups is 2. The number of benzene rings is 1. The van der Waals surface area contributed by atoms with E-state index in [1.165, 1.54) is 12.1 Å². The van der Waals surface area contributed by atoms with Crippen molar-refractivity contribution in [2.75, 3.05) is 13.2 Å². The maximum Gasteiger partial charge on any atom is 0.336 e. The van der Waals surface area contributed by atoms with Gasteiger partial charge in [0.2, 0.25) is 0 Å². The summed E-state index contributed by atoms with van der Waals surface area (Å²) in [7, 11) is 0. The number of aliphatic hydroxyl groups is 1. The van der Waals surface area contributed by atoms with Gasteiger partial charge in [-0.25, -0.2) is 4.79 Å². The molecule has 0 atom stereocenters. The number of hydrogen-bond acceptors (Lipinski definition) is 3. The van der Waals surface area contributed by atoms with Crippen molar-refractivity contribution in [3.05, 3.63) is 35.4 Å². The second kappa shape index (κ2) is 7.65. The number of hydrogen-bond donors (Lipinski definition) is 2. The van der Waals surface area contributed by atoms with Gasteiger partial charge in [-0.3, -0.25) is 4.79 Å². The Morgan fingerprint density at radius 2 is 1.70 bits per heavy atom. The first-order valence-electron chi connectivity index (χ1n) is 6.80. The quantitative estimate of drug-likeness (QED) is 0.800. The molecule has 5 heteroatoms. The zero-order valence-electron chi connectivity index (χ0n) is 11.9. The van der Waals surface area contributed by atoms with Crippen molar-refractivity contribution in [3.63, 3.8) is 0 Å². The van der Waals surface area contributed by atoms with E-state index in [0.29, 0.717) is 0 Å². The molecule has 0 heterocycles. The van der Waals surface area contributed by atoms with Crippen molar-refractivity contribution < 1.29 is 19.8 Å². The lowest BCUT2D eigenvalue weighted by Gasteiger charge is -2.30. The molecule has 0 saturated heterocycles. The van der Waals surface area contributed by atoms with Crippen LogP contribution < -0.4 is 0 Å². The van der Waals surface area contributed by atoms with Crippen LogP contribution in [0.15, 0.2) is 24.3 Å². The van der Waals surface area contributed by atoms with Crippen LogP contribution in [0, 0.1) is 0 Å². The van der Waals surface area contributed by atoms with Gasteiger partial charge in [0.05, 0.1) is 17.7 Å². The minimum Gasteiger partial charge on any atom is -0.478 e. The molecule has 1 aromatic rings. The van der Waals surface area contributed by atoms with Gasteiger partial charge in [0.25, 0.3) is 5.91 Å². The average molecular weight is 279 g/mol. The second-order valence-electron chi connectivity index (χ2n) is 4.54. The Balaban J connectivity index is 3.15. The summed E-state index contributed by atoms with van der Waals surface area (Å²) < 4.78 is 0. The molecule has 1 amide bonds. The van der Waals surface area contributed by atoms with Gasteiger partial charge in [0, 0.05) is 12.6 Å². The number of carboxylic acid groups (broad SMARTS) is 1. The standard InChI is InChI=1S/C15H21NO4/c1-3-11(4-2)16(9-10-17)14(18)12-7-5-6-8-13(12)15(19)20/h5-8,11,17H,3-4,9-10H2,1-2H3,(H,19,20). The summed E-state index contributed by atoms with van der Waals surface area (Å²) in [5, 5.41) is 18.3. The molecule has 0 aliphatic carbocycles. The van der Waals surface area contributed by atoms with Crippen molar-refractivity contribution in [2.45, 2.75) is 32.7 Å². The van der Waals surface area contributed by atoms with Crippen molar-refractivity contribution in [1.82, 2.24) is 4.90 Å². The minimum atomic E-state index is -1.12. The van der Waals surface area contributed by atoms with E-state index in [1.807, 2.05) is 13.8 Å². The zero-order chi connectivity index (χ0) is 15.1. The first-order chi connectivity index (χ1) is 9.56. The van der Waals surface area contributed by atoms with Crippen molar-refractivity contribution in [3.8, 4) is 0 Å². The lowest BCUT2D eigenvalue weighted by atomic mass is 10.0. The maximum absolute atomic E-state index is 12.6. The van der Waals surface area contributed by atoms with E-state index in [9.17, 15) is 9.59 Å². The molecular formula is C15H21NO4. The SMILES string of the molecule is CCC(CC)N(CCO)C(=O)c1ccccc1C(=O)O. The molecule has 0 spiro atoms. The van der Waals surface area contributed by atoms with Crippen LogP contribution in [0.4, 0.5) is 0 Å². The van der Waals surface area contributed by atoms with Gasteiger partial charge in [0.1, 0.15) is 0 Å². The number of aromatic carboxylic acids is 1. The summed E-state index contributed by atoms with van der Waals surface area (Å²) in [6, 6.07) is 6.16. The maximum atomic E-state index is 12.6. The molecule has 2 N–H and O–H groups in total. The number of rotatable bonds is 7.